The highest BCUT2D eigenvalue weighted by Gasteiger charge is 2.33. The lowest BCUT2D eigenvalue weighted by Crippen LogP contribution is -2.21. The molecule has 124 valence electrons. The van der Waals surface area contributed by atoms with Gasteiger partial charge in [-0.15, -0.1) is 0 Å². The van der Waals surface area contributed by atoms with Crippen LogP contribution in [0.4, 0.5) is 5.69 Å². The molecule has 2 heterocycles. The maximum absolute atomic E-state index is 12.0. The fraction of sp³-hybridized carbons (Fsp3) is 0.368. The lowest BCUT2D eigenvalue weighted by atomic mass is 9.86. The van der Waals surface area contributed by atoms with Crippen molar-refractivity contribution in [3.63, 3.8) is 0 Å². The molecule has 4 nitrogen and oxygen atoms in total. The number of allylic oxidation sites excluding steroid dienone is 2. The van der Waals surface area contributed by atoms with E-state index in [1.165, 1.54) is 7.11 Å². The van der Waals surface area contributed by atoms with E-state index >= 15 is 0 Å². The van der Waals surface area contributed by atoms with Crippen LogP contribution in [0.5, 0.6) is 0 Å². The zero-order valence-electron chi connectivity index (χ0n) is 13.5. The van der Waals surface area contributed by atoms with Crippen molar-refractivity contribution in [2.24, 2.45) is 11.8 Å². The second-order valence-corrected chi connectivity index (χ2v) is 7.46. The molecule has 5 heteroatoms. The minimum Gasteiger partial charge on any atom is -0.464 e. The number of nitrogens with zero attached hydrogens (tertiary/aromatic N) is 2. The zero-order valence-corrected chi connectivity index (χ0v) is 15.1. The van der Waals surface area contributed by atoms with Crippen LogP contribution in [0.25, 0.3) is 10.9 Å². The Balaban J connectivity index is 1.80. The van der Waals surface area contributed by atoms with Crippen LogP contribution in [0, 0.1) is 11.8 Å². The van der Waals surface area contributed by atoms with Crippen molar-refractivity contribution >= 4 is 38.5 Å². The van der Waals surface area contributed by atoms with Crippen LogP contribution in [-0.2, 0) is 4.74 Å². The van der Waals surface area contributed by atoms with E-state index in [0.717, 1.165) is 47.0 Å². The summed E-state index contributed by atoms with van der Waals surface area (Å²) in [6, 6.07) is 7.86. The molecule has 0 bridgehead atoms. The van der Waals surface area contributed by atoms with Gasteiger partial charge in [0.1, 0.15) is 0 Å². The maximum Gasteiger partial charge on any atom is 0.356 e. The molecule has 1 aliphatic heterocycles. The van der Waals surface area contributed by atoms with Crippen LogP contribution in [0.3, 0.4) is 0 Å². The molecule has 2 aromatic rings. The number of hydrogen-bond acceptors (Lipinski definition) is 4. The van der Waals surface area contributed by atoms with Crippen molar-refractivity contribution in [3.8, 4) is 0 Å². The second-order valence-electron chi connectivity index (χ2n) is 6.55. The number of carbonyl (C=O) groups is 1. The summed E-state index contributed by atoms with van der Waals surface area (Å²) >= 11 is 3.55. The number of rotatable bonds is 2. The Morgan fingerprint density at radius 2 is 1.92 bits per heavy atom. The smallest absolute Gasteiger partial charge is 0.356 e. The monoisotopic (exact) mass is 386 g/mol. The first-order chi connectivity index (χ1) is 11.7. The third-order valence-corrected chi connectivity index (χ3v) is 5.60. The van der Waals surface area contributed by atoms with Gasteiger partial charge < -0.3 is 9.64 Å². The molecule has 2 aliphatic rings. The number of carbonyl (C=O) groups excluding carboxylic acids is 1. The summed E-state index contributed by atoms with van der Waals surface area (Å²) in [5, 5.41) is 1.07. The van der Waals surface area contributed by atoms with Crippen LogP contribution >= 0.6 is 15.9 Å². The summed E-state index contributed by atoms with van der Waals surface area (Å²) in [7, 11) is 1.39. The number of pyridine rings is 1. The molecule has 24 heavy (non-hydrogen) atoms. The second kappa shape index (κ2) is 6.20. The summed E-state index contributed by atoms with van der Waals surface area (Å²) < 4.78 is 5.90. The number of anilines is 1. The van der Waals surface area contributed by atoms with Gasteiger partial charge in [-0.2, -0.15) is 0 Å². The molecule has 0 N–H and O–H groups in total. The van der Waals surface area contributed by atoms with Gasteiger partial charge in [-0.3, -0.25) is 0 Å². The normalized spacial score (nSPS) is 22.7. The molecule has 2 unspecified atom stereocenters. The molecule has 1 fully saturated rings. The fourth-order valence-electron chi connectivity index (χ4n) is 3.86. The van der Waals surface area contributed by atoms with Crippen molar-refractivity contribution in [3.05, 3.63) is 46.6 Å². The topological polar surface area (TPSA) is 42.4 Å². The third-order valence-electron chi connectivity index (χ3n) is 5.10. The van der Waals surface area contributed by atoms with Gasteiger partial charge in [0.25, 0.3) is 0 Å². The van der Waals surface area contributed by atoms with Gasteiger partial charge in [-0.1, -0.05) is 28.1 Å². The number of hydrogen-bond donors (Lipinski definition) is 0. The van der Waals surface area contributed by atoms with Gasteiger partial charge in [0.15, 0.2) is 5.69 Å². The fourth-order valence-corrected chi connectivity index (χ4v) is 4.22. The first-order valence-electron chi connectivity index (χ1n) is 8.24. The Morgan fingerprint density at radius 3 is 2.58 bits per heavy atom. The Hall–Kier alpha value is -1.88. The molecular formula is C19H19BrN2O2. The highest BCUT2D eigenvalue weighted by atomic mass is 79.9. The number of aromatic nitrogens is 1. The van der Waals surface area contributed by atoms with Crippen molar-refractivity contribution in [1.82, 2.24) is 4.98 Å². The summed E-state index contributed by atoms with van der Waals surface area (Å²) in [5.41, 5.74) is 2.27. The number of esters is 1. The quantitative estimate of drug-likeness (QED) is 0.573. The van der Waals surface area contributed by atoms with Crippen molar-refractivity contribution < 1.29 is 9.53 Å². The molecule has 0 amide bonds. The van der Waals surface area contributed by atoms with Gasteiger partial charge in [0, 0.05) is 28.6 Å². The van der Waals surface area contributed by atoms with Gasteiger partial charge in [-0.25, -0.2) is 9.78 Å². The minimum absolute atomic E-state index is 0.371. The maximum atomic E-state index is 12.0. The lowest BCUT2D eigenvalue weighted by molar-refractivity contribution is 0.0594. The summed E-state index contributed by atoms with van der Waals surface area (Å²) in [5.74, 6) is 1.01. The van der Waals surface area contributed by atoms with Crippen LogP contribution < -0.4 is 4.90 Å². The average Bonchev–Trinajstić information content (AvgIpc) is 3.04. The molecule has 1 saturated heterocycles. The predicted molar refractivity (Wildman–Crippen MR) is 98.3 cm³/mol. The third kappa shape index (κ3) is 2.71. The number of halogens is 1. The average molecular weight is 387 g/mol. The molecule has 1 aliphatic carbocycles. The Bertz CT molecular complexity index is 817. The molecule has 1 aromatic heterocycles. The first-order valence-corrected chi connectivity index (χ1v) is 9.03. The van der Waals surface area contributed by atoms with Gasteiger partial charge in [0.2, 0.25) is 0 Å². The SMILES string of the molecule is COC(=O)c1cc(N2CC3CC=CCC3C2)c2cc(Br)ccc2n1. The minimum atomic E-state index is -0.389. The van der Waals surface area contributed by atoms with E-state index < -0.39 is 0 Å². The van der Waals surface area contributed by atoms with Gasteiger partial charge >= 0.3 is 5.97 Å². The zero-order chi connectivity index (χ0) is 16.7. The van der Waals surface area contributed by atoms with Crippen molar-refractivity contribution in [2.75, 3.05) is 25.1 Å². The largest absolute Gasteiger partial charge is 0.464 e. The predicted octanol–water partition coefficient (Wildman–Crippen LogP) is 4.19. The molecular weight excluding hydrogens is 368 g/mol. The van der Waals surface area contributed by atoms with E-state index in [-0.39, 0.29) is 5.97 Å². The van der Waals surface area contributed by atoms with Crippen LogP contribution in [0.1, 0.15) is 23.3 Å². The molecule has 2 atom stereocenters. The lowest BCUT2D eigenvalue weighted by Gasteiger charge is -2.21. The van der Waals surface area contributed by atoms with E-state index in [9.17, 15) is 4.79 Å². The Morgan fingerprint density at radius 1 is 1.21 bits per heavy atom. The van der Waals surface area contributed by atoms with Crippen molar-refractivity contribution in [2.45, 2.75) is 12.8 Å². The van der Waals surface area contributed by atoms with Crippen LogP contribution in [-0.4, -0.2) is 31.2 Å². The number of methoxy groups -OCH3 is 1. The van der Waals surface area contributed by atoms with Crippen LogP contribution in [0.15, 0.2) is 40.9 Å². The van der Waals surface area contributed by atoms with E-state index in [0.29, 0.717) is 17.5 Å². The highest BCUT2D eigenvalue weighted by Crippen LogP contribution is 2.38. The molecule has 0 spiro atoms. The summed E-state index contributed by atoms with van der Waals surface area (Å²) in [4.78, 5) is 18.9. The van der Waals surface area contributed by atoms with E-state index in [4.69, 9.17) is 4.74 Å². The summed E-state index contributed by atoms with van der Waals surface area (Å²) in [6.45, 7) is 2.06. The Kier molecular flexibility index (Phi) is 4.04. The summed E-state index contributed by atoms with van der Waals surface area (Å²) in [6.07, 6.45) is 6.90. The number of benzene rings is 1. The highest BCUT2D eigenvalue weighted by molar-refractivity contribution is 9.10. The Labute approximate surface area is 149 Å². The van der Waals surface area contributed by atoms with Gasteiger partial charge in [0.05, 0.1) is 12.6 Å². The van der Waals surface area contributed by atoms with E-state index in [2.05, 4.69) is 44.0 Å². The molecule has 0 radical (unpaired) electrons. The molecule has 4 rings (SSSR count). The van der Waals surface area contributed by atoms with E-state index in [1.807, 2.05) is 18.2 Å². The standard InChI is InChI=1S/C19H19BrN2O2/c1-24-19(23)17-9-18(15-8-14(20)6-7-16(15)21-17)22-10-12-4-2-3-5-13(12)11-22/h2-3,6-9,12-13H,4-5,10-11H2,1H3. The number of fused-ring (bicyclic) bond motifs is 2. The van der Waals surface area contributed by atoms with Crippen molar-refractivity contribution in [1.29, 1.82) is 0 Å². The van der Waals surface area contributed by atoms with Gasteiger partial charge in [-0.05, 0) is 48.9 Å². The molecule has 1 aromatic carbocycles. The number of ether oxygens (including phenoxy) is 1. The molecule has 0 saturated carbocycles. The first kappa shape index (κ1) is 15.6. The van der Waals surface area contributed by atoms with E-state index in [1.54, 1.807) is 0 Å². The van der Waals surface area contributed by atoms with Crippen LogP contribution in [0.2, 0.25) is 0 Å².